The maximum absolute atomic E-state index is 13.1. The lowest BCUT2D eigenvalue weighted by atomic mass is 10.0. The van der Waals surface area contributed by atoms with Crippen LogP contribution in [0.5, 0.6) is 11.5 Å². The van der Waals surface area contributed by atoms with Crippen LogP contribution in [-0.4, -0.2) is 187 Å². The Morgan fingerprint density at radius 1 is 0.484 bits per heavy atom. The molecule has 9 rings (SSSR count). The number of nitrogens with zero attached hydrogens (tertiary/aromatic N) is 4. The molecule has 662 valence electrons. The van der Waals surface area contributed by atoms with Crippen LogP contribution in [0.3, 0.4) is 0 Å². The lowest BCUT2D eigenvalue weighted by Crippen LogP contribution is -2.47. The number of amides is 11. The van der Waals surface area contributed by atoms with E-state index in [2.05, 4.69) is 57.2 Å². The number of benzene rings is 7. The molecule has 7 aromatic carbocycles. The van der Waals surface area contributed by atoms with Crippen LogP contribution >= 0.6 is 0 Å². The number of likely N-dealkylation sites (N-methyl/N-ethyl adjacent to an activating group) is 2. The molecular formula is C83H99F2N17O22. The number of hydrogen-bond donors (Lipinski definition) is 16. The number of nitrogens with two attached hydrogens (primary N) is 3. The van der Waals surface area contributed by atoms with E-state index in [9.17, 15) is 86.4 Å². The van der Waals surface area contributed by atoms with Crippen molar-refractivity contribution in [3.8, 4) is 11.5 Å². The van der Waals surface area contributed by atoms with Crippen molar-refractivity contribution in [2.24, 2.45) is 17.4 Å². The van der Waals surface area contributed by atoms with E-state index < -0.39 is 108 Å². The number of aliphatic hydroxyl groups excluding tert-OH is 1. The number of aromatic amines is 2. The summed E-state index contributed by atoms with van der Waals surface area (Å²) in [5, 5.41) is 50.9. The molecule has 11 amide bonds. The van der Waals surface area contributed by atoms with Crippen molar-refractivity contribution in [3.05, 3.63) is 226 Å². The topological polar surface area (TPSA) is 576 Å². The first-order valence-corrected chi connectivity index (χ1v) is 37.1. The molecule has 0 spiro atoms. The minimum Gasteiger partial charge on any atom is -0.506 e. The summed E-state index contributed by atoms with van der Waals surface area (Å²) in [6.45, 7) is 13.0. The van der Waals surface area contributed by atoms with Crippen molar-refractivity contribution >= 4 is 124 Å². The monoisotopic (exact) mass is 1720 g/mol. The summed E-state index contributed by atoms with van der Waals surface area (Å²) in [4.78, 5) is 148. The van der Waals surface area contributed by atoms with E-state index in [4.69, 9.17) is 30.5 Å². The maximum atomic E-state index is 13.1. The number of aromatic hydroxyl groups is 2. The van der Waals surface area contributed by atoms with Crippen molar-refractivity contribution in [2.75, 3.05) is 47.0 Å². The van der Waals surface area contributed by atoms with Crippen molar-refractivity contribution in [1.82, 2.24) is 73.4 Å². The molecule has 9 aromatic rings. The number of rotatable bonds is 23. The van der Waals surface area contributed by atoms with Crippen LogP contribution in [-0.2, 0) is 75.2 Å². The van der Waals surface area contributed by atoms with Gasteiger partial charge in [-0.2, -0.15) is 10.2 Å². The number of esters is 2. The van der Waals surface area contributed by atoms with Gasteiger partial charge in [-0.25, -0.2) is 50.5 Å². The Morgan fingerprint density at radius 2 is 0.855 bits per heavy atom. The van der Waals surface area contributed by atoms with Gasteiger partial charge < -0.3 is 69.9 Å². The van der Waals surface area contributed by atoms with Crippen molar-refractivity contribution in [2.45, 2.75) is 98.8 Å². The standard InChI is InChI=1S/C24H20FN3O3.C19H17FN4O3.C16H23N3O5.C12H14N2O5.C8H17N3O3.C4H8N2O3/c25-17-9-6-15(7-10-17)8-12-19-22-20(28-27-19)13-11-18(23(22)30)24(31)26-21(14-29)16-4-2-1-3-5-16;1-10(18(21)26)22-19(27)13-7-9-15-16(17(13)25)14(23-24-15)8-4-11-2-5-12(20)6-3-11;1-16(2,3)24-15(22)19(4)10-13(20)17-18-14(21)23-11-12-8-6-5-7-9-12;1-9(15)18-8-11(16)13-14-12(17)19-7-10-5-3-2-4-6-10;1-8(2,3)14-7(13)11(4)5-6(12)10-9;1-3(7)9-2-4(8)6-5/h1-13,21,29-30H,14H2,(H,26,31)(H,27,28);2-10,25H,1H3,(H2,21,26)(H,22,27)(H,23,24);5-9H,10-11H2,1-4H3,(H,17,20)(H,18,21);2-6H,7-8H2,1H3,(H,13,16)(H,14,17);5,9H2,1-4H3,(H,10,12);2,5H2,1H3,(H,6,8)/b12-8+;8-4+;;;;/t21-;10-;;;;/m10..../s1. The molecule has 0 aliphatic heterocycles. The number of hydrazine groups is 4. The smallest absolute Gasteiger partial charge is 0.426 e. The minimum absolute atomic E-state index is 0.00608. The van der Waals surface area contributed by atoms with Crippen LogP contribution < -0.4 is 60.6 Å². The fourth-order valence-electron chi connectivity index (χ4n) is 9.34. The molecule has 39 nitrogen and oxygen atoms in total. The highest BCUT2D eigenvalue weighted by Gasteiger charge is 2.26. The van der Waals surface area contributed by atoms with E-state index in [0.717, 1.165) is 37.6 Å². The predicted octanol–water partition coefficient (Wildman–Crippen LogP) is 6.92. The van der Waals surface area contributed by atoms with Gasteiger partial charge in [-0.1, -0.05) is 127 Å². The highest BCUT2D eigenvalue weighted by atomic mass is 19.1. The van der Waals surface area contributed by atoms with Gasteiger partial charge in [-0.3, -0.25) is 75.1 Å². The molecular weight excluding hydrogens is 1630 g/mol. The van der Waals surface area contributed by atoms with Crippen LogP contribution in [0.1, 0.15) is 128 Å². The number of hydrogen-bond acceptors (Lipinski definition) is 26. The molecule has 0 aliphatic rings. The number of ether oxygens (including phenoxy) is 6. The second-order valence-electron chi connectivity index (χ2n) is 27.8. The molecule has 0 fully saturated rings. The van der Waals surface area contributed by atoms with Gasteiger partial charge in [0.2, 0.25) is 5.91 Å². The minimum atomic E-state index is -0.880. The Balaban J connectivity index is 0.000000323. The predicted molar refractivity (Wildman–Crippen MR) is 447 cm³/mol. The number of phenolic OH excluding ortho intramolecular Hbond substituents is 2. The first kappa shape index (κ1) is 101. The van der Waals surface area contributed by atoms with E-state index in [-0.39, 0.29) is 73.8 Å². The number of aromatic nitrogens is 4. The van der Waals surface area contributed by atoms with E-state index >= 15 is 0 Å². The van der Waals surface area contributed by atoms with Crippen molar-refractivity contribution in [3.63, 3.8) is 0 Å². The molecule has 0 saturated carbocycles. The molecule has 0 bridgehead atoms. The van der Waals surface area contributed by atoms with Crippen molar-refractivity contribution in [1.29, 1.82) is 0 Å². The van der Waals surface area contributed by atoms with E-state index in [0.29, 0.717) is 33.2 Å². The Bertz CT molecular complexity index is 5130. The summed E-state index contributed by atoms with van der Waals surface area (Å²) in [6.07, 6.45) is 4.03. The van der Waals surface area contributed by atoms with Gasteiger partial charge in [0.25, 0.3) is 35.4 Å². The van der Waals surface area contributed by atoms with E-state index in [1.807, 2.05) is 83.0 Å². The highest BCUT2D eigenvalue weighted by Crippen LogP contribution is 2.33. The third kappa shape index (κ3) is 38.1. The molecule has 0 radical (unpaired) electrons. The number of phenols is 2. The summed E-state index contributed by atoms with van der Waals surface area (Å²) >= 11 is 0. The van der Waals surface area contributed by atoms with Gasteiger partial charge in [0.15, 0.2) is 13.2 Å². The van der Waals surface area contributed by atoms with Gasteiger partial charge in [-0.15, -0.1) is 0 Å². The average molecular weight is 1720 g/mol. The van der Waals surface area contributed by atoms with Crippen LogP contribution in [0.2, 0.25) is 0 Å². The number of aliphatic hydroxyl groups is 1. The second-order valence-corrected chi connectivity index (χ2v) is 27.8. The summed E-state index contributed by atoms with van der Waals surface area (Å²) in [5.41, 5.74) is 21.9. The third-order valence-electron chi connectivity index (χ3n) is 15.4. The van der Waals surface area contributed by atoms with Crippen LogP contribution in [0.25, 0.3) is 46.1 Å². The normalized spacial score (nSPS) is 11.0. The zero-order valence-electron chi connectivity index (χ0n) is 69.4. The first-order chi connectivity index (χ1) is 58.6. The highest BCUT2D eigenvalue weighted by molar-refractivity contribution is 6.07. The zero-order chi connectivity index (χ0) is 92.2. The lowest BCUT2D eigenvalue weighted by Gasteiger charge is -2.24. The molecule has 19 N–H and O–H groups in total. The van der Waals surface area contributed by atoms with Gasteiger partial charge >= 0.3 is 36.3 Å². The summed E-state index contributed by atoms with van der Waals surface area (Å²) in [5.74, 6) is 3.27. The van der Waals surface area contributed by atoms with Gasteiger partial charge in [0, 0.05) is 27.9 Å². The number of carbonyl (C=O) groups is 13. The molecule has 2 aromatic heterocycles. The molecule has 0 aliphatic carbocycles. The number of carbonyl (C=O) groups excluding carboxylic acids is 13. The molecule has 2 heterocycles. The summed E-state index contributed by atoms with van der Waals surface area (Å²) in [6, 6.07) is 43.8. The van der Waals surface area contributed by atoms with Crippen LogP contribution in [0.15, 0.2) is 164 Å². The fourth-order valence-corrected chi connectivity index (χ4v) is 9.34. The van der Waals surface area contributed by atoms with Gasteiger partial charge in [0.05, 0.1) is 57.0 Å². The largest absolute Gasteiger partial charge is 0.506 e. The molecule has 0 saturated heterocycles. The van der Waals surface area contributed by atoms with Gasteiger partial charge in [0.1, 0.15) is 66.7 Å². The number of nitrogens with one attached hydrogen (secondary N) is 10. The van der Waals surface area contributed by atoms with Gasteiger partial charge in [-0.05, 0) is 137 Å². The Labute approximate surface area is 709 Å². The zero-order valence-corrected chi connectivity index (χ0v) is 69.4. The maximum Gasteiger partial charge on any atom is 0.426 e. The van der Waals surface area contributed by atoms with E-state index in [1.165, 1.54) is 71.3 Å². The lowest BCUT2D eigenvalue weighted by molar-refractivity contribution is -0.146. The second kappa shape index (κ2) is 51.2. The van der Waals surface area contributed by atoms with Crippen LogP contribution in [0, 0.1) is 11.6 Å². The number of fused-ring (bicyclic) bond motifs is 2. The molecule has 124 heavy (non-hydrogen) atoms. The van der Waals surface area contributed by atoms with E-state index in [1.54, 1.807) is 132 Å². The Hall–Kier alpha value is -15.4. The first-order valence-electron chi connectivity index (χ1n) is 37.1. The Morgan fingerprint density at radius 3 is 1.23 bits per heavy atom. The number of halogens is 2. The SMILES string of the molecule is CC(=O)OCC(=O)NN.CC(=O)OCC(=O)NNC(=O)OCc1ccccc1.CN(CC(=O)NN)C(=O)OC(C)(C)C.CN(CC(=O)NNC(=O)OCc1ccccc1)C(=O)OC(C)(C)C.C[C@H](NC(=O)c1ccc2n[nH]c(/C=C/c3ccc(F)cc3)c2c1O)C(N)=O.O=C(N[C@H](CO)c1ccccc1)c1ccc2n[nH]c(/C=C/c3ccc(F)cc3)c2c1O. The Kier molecular flexibility index (Phi) is 41.7. The third-order valence-corrected chi connectivity index (χ3v) is 15.4. The summed E-state index contributed by atoms with van der Waals surface area (Å²) < 4.78 is 54.6. The molecule has 41 heteroatoms. The number of H-pyrrole nitrogens is 2. The molecule has 0 unspecified atom stereocenters. The molecule has 2 atom stereocenters. The van der Waals surface area contributed by atoms with Crippen LogP contribution in [0.4, 0.5) is 28.0 Å². The average Bonchev–Trinajstić information content (AvgIpc) is 1.62. The van der Waals surface area contributed by atoms with Crippen molar-refractivity contribution < 1.29 is 115 Å². The summed E-state index contributed by atoms with van der Waals surface area (Å²) in [7, 11) is 2.88. The fraction of sp³-hybridized carbons (Fsp3) is 0.265. The quantitative estimate of drug-likeness (QED) is 0.0101. The number of primary amides is 1.